The van der Waals surface area contributed by atoms with E-state index in [1.54, 1.807) is 0 Å². The second-order valence-electron chi connectivity index (χ2n) is 9.43. The lowest BCUT2D eigenvalue weighted by Gasteiger charge is -2.33. The third-order valence-electron chi connectivity index (χ3n) is 7.16. The third kappa shape index (κ3) is 4.20. The Labute approximate surface area is 217 Å². The van der Waals surface area contributed by atoms with E-state index in [-0.39, 0.29) is 5.78 Å². The molecule has 0 saturated carbocycles. The van der Waals surface area contributed by atoms with E-state index < -0.39 is 14.4 Å². The summed E-state index contributed by atoms with van der Waals surface area (Å²) in [5.74, 6) is -0.0441. The van der Waals surface area contributed by atoms with Gasteiger partial charge in [-0.3, -0.25) is 4.79 Å². The zero-order valence-electron chi connectivity index (χ0n) is 20.6. The Morgan fingerprint density at radius 1 is 0.649 bits per heavy atom. The first-order valence-corrected chi connectivity index (χ1v) is 14.9. The van der Waals surface area contributed by atoms with E-state index in [4.69, 9.17) is 4.43 Å². The number of nitrogens with one attached hydrogen (secondary N) is 1. The number of fused-ring (bicyclic) bond motifs is 3. The molecular weight excluding hydrogens is 470 g/mol. The van der Waals surface area contributed by atoms with Gasteiger partial charge >= 0.3 is 0 Å². The van der Waals surface area contributed by atoms with Crippen LogP contribution in [-0.2, 0) is 4.43 Å². The van der Waals surface area contributed by atoms with Crippen LogP contribution in [0.2, 0.25) is 6.55 Å². The fourth-order valence-electron chi connectivity index (χ4n) is 5.18. The fourth-order valence-corrected chi connectivity index (χ4v) is 8.15. The smallest absolute Gasteiger partial charge is 0.254 e. The van der Waals surface area contributed by atoms with Crippen molar-refractivity contribution >= 4 is 46.3 Å². The summed E-state index contributed by atoms with van der Waals surface area (Å²) in [5, 5.41) is 4.47. The van der Waals surface area contributed by atoms with Crippen molar-refractivity contribution in [3.63, 3.8) is 0 Å². The van der Waals surface area contributed by atoms with Crippen molar-refractivity contribution in [3.8, 4) is 0 Å². The molecule has 0 unspecified atom stereocenters. The normalized spacial score (nSPS) is 12.6. The second kappa shape index (κ2) is 9.66. The number of hydrogen-bond acceptors (Lipinski definition) is 2. The van der Waals surface area contributed by atoms with Gasteiger partial charge in [-0.2, -0.15) is 0 Å². The van der Waals surface area contributed by atoms with Crippen molar-refractivity contribution in [1.29, 1.82) is 0 Å². The van der Waals surface area contributed by atoms with E-state index in [2.05, 4.69) is 54.0 Å². The van der Waals surface area contributed by atoms with Crippen LogP contribution in [0.1, 0.15) is 22.0 Å². The summed E-state index contributed by atoms with van der Waals surface area (Å²) in [6.45, 7) is 2.19. The number of rotatable bonds is 7. The molecule has 0 aliphatic heterocycles. The van der Waals surface area contributed by atoms with Crippen molar-refractivity contribution in [2.45, 2.75) is 12.7 Å². The highest BCUT2D eigenvalue weighted by Crippen LogP contribution is 2.35. The summed E-state index contributed by atoms with van der Waals surface area (Å²) in [6, 6.07) is 44.5. The number of carbonyl (C=O) groups is 1. The van der Waals surface area contributed by atoms with E-state index in [0.29, 0.717) is 5.56 Å². The number of aromatic nitrogens is 1. The number of ketones is 1. The quantitative estimate of drug-likeness (QED) is 0.198. The lowest BCUT2D eigenvalue weighted by molar-refractivity contribution is 0.0788. The minimum Gasteiger partial charge on any atom is -0.394 e. The van der Waals surface area contributed by atoms with Crippen molar-refractivity contribution in [2.24, 2.45) is 0 Å². The molecule has 0 amide bonds. The molecule has 0 radical (unpaired) electrons. The first kappa shape index (κ1) is 23.2. The van der Waals surface area contributed by atoms with Crippen LogP contribution in [0, 0.1) is 0 Å². The molecule has 0 saturated heterocycles. The van der Waals surface area contributed by atoms with Gasteiger partial charge in [0.2, 0.25) is 0 Å². The van der Waals surface area contributed by atoms with Crippen molar-refractivity contribution in [3.05, 3.63) is 145 Å². The summed E-state index contributed by atoms with van der Waals surface area (Å²) >= 11 is 0. The number of carbonyl (C=O) groups excluding carboxylic acids is 1. The molecule has 0 spiro atoms. The highest BCUT2D eigenvalue weighted by Gasteiger charge is 2.40. The van der Waals surface area contributed by atoms with Gasteiger partial charge in [-0.25, -0.2) is 0 Å². The van der Waals surface area contributed by atoms with E-state index >= 15 is 0 Å². The standard InChI is InChI=1S/C33H27NO2Si/c1-37(25-16-7-3-8-17-25,26-18-9-4-10-19-26)36-33(32(35)24-14-5-2-6-15-24)29-22-13-21-28-27-20-11-12-23-30(27)34-31(28)29/h2-23,33-34H,1H3/t33-/m0/s1. The molecule has 4 heteroatoms. The van der Waals surface area contributed by atoms with Gasteiger partial charge in [-0.1, -0.05) is 127 Å². The van der Waals surface area contributed by atoms with Gasteiger partial charge in [0.1, 0.15) is 6.10 Å². The fraction of sp³-hybridized carbons (Fsp3) is 0.0606. The molecule has 1 heterocycles. The summed E-state index contributed by atoms with van der Waals surface area (Å²) in [7, 11) is -2.80. The Bertz CT molecular complexity index is 1640. The number of H-pyrrole nitrogens is 1. The van der Waals surface area contributed by atoms with Crippen LogP contribution >= 0.6 is 0 Å². The SMILES string of the molecule is C[Si](O[C@H](C(=O)c1ccccc1)c1cccc2c1[nH]c1ccccc12)(c1ccccc1)c1ccccc1. The Hall–Kier alpha value is -4.25. The molecule has 1 atom stereocenters. The van der Waals surface area contributed by atoms with E-state index in [1.807, 2.05) is 91.0 Å². The molecule has 5 aromatic carbocycles. The Kier molecular flexibility index (Phi) is 6.05. The maximum Gasteiger partial charge on any atom is 0.254 e. The highest BCUT2D eigenvalue weighted by molar-refractivity contribution is 6.96. The summed E-state index contributed by atoms with van der Waals surface area (Å²) in [4.78, 5) is 17.8. The van der Waals surface area contributed by atoms with Crippen molar-refractivity contribution in [1.82, 2.24) is 4.98 Å². The Balaban J connectivity index is 1.57. The molecule has 6 aromatic rings. The predicted molar refractivity (Wildman–Crippen MR) is 154 cm³/mol. The predicted octanol–water partition coefficient (Wildman–Crippen LogP) is 6.65. The number of aromatic amines is 1. The molecule has 0 aliphatic carbocycles. The van der Waals surface area contributed by atoms with Crippen LogP contribution in [0.3, 0.4) is 0 Å². The summed E-state index contributed by atoms with van der Waals surface area (Å²) < 4.78 is 7.19. The van der Waals surface area contributed by atoms with Crippen LogP contribution in [0.15, 0.2) is 133 Å². The molecule has 37 heavy (non-hydrogen) atoms. The van der Waals surface area contributed by atoms with Crippen molar-refractivity contribution in [2.75, 3.05) is 0 Å². The third-order valence-corrected chi connectivity index (χ3v) is 10.7. The van der Waals surface area contributed by atoms with Crippen LogP contribution in [0.25, 0.3) is 21.8 Å². The van der Waals surface area contributed by atoms with Gasteiger partial charge in [0.05, 0.1) is 5.52 Å². The Morgan fingerprint density at radius 3 is 1.84 bits per heavy atom. The molecular formula is C33H27NO2Si. The van der Waals surface area contributed by atoms with Crippen LogP contribution in [0.5, 0.6) is 0 Å². The van der Waals surface area contributed by atoms with E-state index in [9.17, 15) is 4.79 Å². The zero-order chi connectivity index (χ0) is 25.2. The topological polar surface area (TPSA) is 42.1 Å². The molecule has 6 rings (SSSR count). The molecule has 0 fully saturated rings. The maximum absolute atomic E-state index is 14.2. The van der Waals surface area contributed by atoms with Gasteiger partial charge in [0.25, 0.3) is 8.32 Å². The van der Waals surface area contributed by atoms with Crippen molar-refractivity contribution < 1.29 is 9.22 Å². The largest absolute Gasteiger partial charge is 0.394 e. The molecule has 0 bridgehead atoms. The molecule has 3 nitrogen and oxygen atoms in total. The molecule has 180 valence electrons. The summed E-state index contributed by atoms with van der Waals surface area (Å²) in [5.41, 5.74) is 3.48. The number of Topliss-reactive ketones (excluding diaryl/α,β-unsaturated/α-hetero) is 1. The first-order valence-electron chi connectivity index (χ1n) is 12.5. The first-order chi connectivity index (χ1) is 18.1. The number of hydrogen-bond donors (Lipinski definition) is 1. The summed E-state index contributed by atoms with van der Waals surface area (Å²) in [6.07, 6.45) is -0.781. The minimum absolute atomic E-state index is 0.0441. The monoisotopic (exact) mass is 497 g/mol. The second-order valence-corrected chi connectivity index (χ2v) is 12.9. The maximum atomic E-state index is 14.2. The number of para-hydroxylation sites is 2. The zero-order valence-corrected chi connectivity index (χ0v) is 21.6. The van der Waals surface area contributed by atoms with Gasteiger partial charge in [0.15, 0.2) is 5.78 Å². The lowest BCUT2D eigenvalue weighted by Crippen LogP contribution is -2.59. The van der Waals surface area contributed by atoms with Gasteiger partial charge in [-0.05, 0) is 23.0 Å². The minimum atomic E-state index is -2.80. The average molecular weight is 498 g/mol. The molecule has 1 N–H and O–H groups in total. The van der Waals surface area contributed by atoms with Crippen LogP contribution in [0.4, 0.5) is 0 Å². The van der Waals surface area contributed by atoms with Crippen LogP contribution < -0.4 is 10.4 Å². The number of benzene rings is 5. The molecule has 1 aromatic heterocycles. The van der Waals surface area contributed by atoms with E-state index in [1.165, 1.54) is 0 Å². The lowest BCUT2D eigenvalue weighted by atomic mass is 9.98. The highest BCUT2D eigenvalue weighted by atomic mass is 28.4. The van der Waals surface area contributed by atoms with E-state index in [0.717, 1.165) is 37.7 Å². The average Bonchev–Trinajstić information content (AvgIpc) is 3.36. The molecule has 0 aliphatic rings. The van der Waals surface area contributed by atoms with Gasteiger partial charge in [-0.15, -0.1) is 0 Å². The van der Waals surface area contributed by atoms with Gasteiger partial charge < -0.3 is 9.41 Å². The van der Waals surface area contributed by atoms with Gasteiger partial charge in [0, 0.05) is 27.4 Å². The Morgan fingerprint density at radius 2 is 1.19 bits per heavy atom. The van der Waals surface area contributed by atoms with Crippen LogP contribution in [-0.4, -0.2) is 19.1 Å².